The Morgan fingerprint density at radius 3 is 3.00 bits per heavy atom. The van der Waals surface area contributed by atoms with Crippen molar-refractivity contribution in [3.63, 3.8) is 0 Å². The molecule has 108 valence electrons. The van der Waals surface area contributed by atoms with Gasteiger partial charge in [0.2, 0.25) is 0 Å². The lowest BCUT2D eigenvalue weighted by molar-refractivity contribution is 0.102. The first-order chi connectivity index (χ1) is 10.2. The number of anilines is 1. The molecular weight excluding hydrogens is 266 g/mol. The van der Waals surface area contributed by atoms with Gasteiger partial charge in [-0.05, 0) is 38.6 Å². The molecule has 0 bridgehead atoms. The fourth-order valence-corrected chi connectivity index (χ4v) is 2.59. The van der Waals surface area contributed by atoms with Gasteiger partial charge in [0, 0.05) is 12.4 Å². The molecule has 1 amide bonds. The van der Waals surface area contributed by atoms with Crippen molar-refractivity contribution < 1.29 is 4.79 Å². The number of carbonyl (C=O) groups is 1. The Balaban J connectivity index is 1.78. The zero-order valence-electron chi connectivity index (χ0n) is 11.9. The number of carbonyl (C=O) groups excluding carboxylic acids is 1. The molecule has 0 aliphatic carbocycles. The molecule has 0 spiro atoms. The average Bonchev–Trinajstić information content (AvgIpc) is 2.94. The number of likely N-dealkylation sites (tertiary alicyclic amines) is 1. The first-order valence-corrected chi connectivity index (χ1v) is 6.98. The fourth-order valence-electron chi connectivity index (χ4n) is 2.59. The number of pyridine rings is 1. The lowest BCUT2D eigenvalue weighted by Gasteiger charge is -2.19. The van der Waals surface area contributed by atoms with E-state index in [1.165, 1.54) is 18.8 Å². The van der Waals surface area contributed by atoms with Crippen LogP contribution in [0, 0.1) is 0 Å². The maximum absolute atomic E-state index is 12.2. The van der Waals surface area contributed by atoms with Crippen LogP contribution in [0.25, 0.3) is 0 Å². The summed E-state index contributed by atoms with van der Waals surface area (Å²) in [5.74, 6) is 0.158. The van der Waals surface area contributed by atoms with Gasteiger partial charge < -0.3 is 5.32 Å². The number of nitrogens with zero attached hydrogens (tertiary/aromatic N) is 4. The molecule has 1 N–H and O–H groups in total. The summed E-state index contributed by atoms with van der Waals surface area (Å²) in [6, 6.07) is 5.87. The van der Waals surface area contributed by atoms with Crippen LogP contribution in [0.1, 0.15) is 35.1 Å². The zero-order valence-corrected chi connectivity index (χ0v) is 11.9. The molecule has 0 saturated carbocycles. The molecule has 0 radical (unpaired) electrons. The van der Waals surface area contributed by atoms with Gasteiger partial charge in [-0.1, -0.05) is 6.07 Å². The van der Waals surface area contributed by atoms with E-state index in [-0.39, 0.29) is 5.91 Å². The van der Waals surface area contributed by atoms with E-state index in [0.717, 1.165) is 18.7 Å². The van der Waals surface area contributed by atoms with Gasteiger partial charge in [-0.2, -0.15) is 0 Å². The minimum atomic E-state index is -0.266. The van der Waals surface area contributed by atoms with Crippen molar-refractivity contribution in [2.75, 3.05) is 18.9 Å². The molecule has 1 aliphatic heterocycles. The molecule has 1 unspecified atom stereocenters. The van der Waals surface area contributed by atoms with E-state index in [2.05, 4.69) is 32.2 Å². The summed E-state index contributed by atoms with van der Waals surface area (Å²) < 4.78 is 0. The summed E-state index contributed by atoms with van der Waals surface area (Å²) in [5.41, 5.74) is 1.35. The Kier molecular flexibility index (Phi) is 3.87. The van der Waals surface area contributed by atoms with Crippen LogP contribution in [0.3, 0.4) is 0 Å². The quantitative estimate of drug-likeness (QED) is 0.931. The van der Waals surface area contributed by atoms with Gasteiger partial charge in [0.05, 0.1) is 17.9 Å². The SMILES string of the molecule is CN1CCCC1c1cccc(C(=O)Nc2cnccn2)n1. The van der Waals surface area contributed by atoms with Crippen molar-refractivity contribution in [1.82, 2.24) is 19.9 Å². The molecule has 0 aromatic carbocycles. The van der Waals surface area contributed by atoms with Crippen LogP contribution in [0.15, 0.2) is 36.8 Å². The summed E-state index contributed by atoms with van der Waals surface area (Å²) >= 11 is 0. The molecule has 1 saturated heterocycles. The number of rotatable bonds is 3. The lowest BCUT2D eigenvalue weighted by Crippen LogP contribution is -2.20. The van der Waals surface area contributed by atoms with Gasteiger partial charge in [0.25, 0.3) is 5.91 Å². The smallest absolute Gasteiger partial charge is 0.275 e. The Hall–Kier alpha value is -2.34. The van der Waals surface area contributed by atoms with E-state index < -0.39 is 0 Å². The minimum Gasteiger partial charge on any atom is -0.304 e. The molecule has 21 heavy (non-hydrogen) atoms. The molecular formula is C15H17N5O. The van der Waals surface area contributed by atoms with E-state index in [1.807, 2.05) is 12.1 Å². The number of nitrogens with one attached hydrogen (secondary N) is 1. The molecule has 6 nitrogen and oxygen atoms in total. The maximum atomic E-state index is 12.2. The summed E-state index contributed by atoms with van der Waals surface area (Å²) in [4.78, 5) is 26.9. The second-order valence-electron chi connectivity index (χ2n) is 5.13. The van der Waals surface area contributed by atoms with Crippen LogP contribution >= 0.6 is 0 Å². The summed E-state index contributed by atoms with van der Waals surface area (Å²) in [6.07, 6.45) is 6.85. The van der Waals surface area contributed by atoms with Gasteiger partial charge >= 0.3 is 0 Å². The van der Waals surface area contributed by atoms with Crippen molar-refractivity contribution in [3.8, 4) is 0 Å². The van der Waals surface area contributed by atoms with E-state index in [0.29, 0.717) is 17.6 Å². The average molecular weight is 283 g/mol. The number of hydrogen-bond acceptors (Lipinski definition) is 5. The van der Waals surface area contributed by atoms with Crippen molar-refractivity contribution in [3.05, 3.63) is 48.2 Å². The first-order valence-electron chi connectivity index (χ1n) is 6.98. The monoisotopic (exact) mass is 283 g/mol. The normalized spacial score (nSPS) is 18.6. The zero-order chi connectivity index (χ0) is 14.7. The van der Waals surface area contributed by atoms with E-state index in [9.17, 15) is 4.79 Å². The third-order valence-corrected chi connectivity index (χ3v) is 3.67. The van der Waals surface area contributed by atoms with Gasteiger partial charge in [0.1, 0.15) is 5.69 Å². The number of hydrogen-bond donors (Lipinski definition) is 1. The molecule has 1 fully saturated rings. The van der Waals surface area contributed by atoms with Crippen LogP contribution in [0.2, 0.25) is 0 Å². The largest absolute Gasteiger partial charge is 0.304 e. The molecule has 2 aromatic rings. The highest BCUT2D eigenvalue weighted by Gasteiger charge is 2.24. The Bertz CT molecular complexity index is 631. The maximum Gasteiger partial charge on any atom is 0.275 e. The van der Waals surface area contributed by atoms with Crippen molar-refractivity contribution in [1.29, 1.82) is 0 Å². The molecule has 3 rings (SSSR count). The highest BCUT2D eigenvalue weighted by molar-refractivity contribution is 6.02. The van der Waals surface area contributed by atoms with Crippen LogP contribution < -0.4 is 5.32 Å². The highest BCUT2D eigenvalue weighted by Crippen LogP contribution is 2.28. The van der Waals surface area contributed by atoms with Crippen LogP contribution in [-0.4, -0.2) is 39.4 Å². The summed E-state index contributed by atoms with van der Waals surface area (Å²) in [5, 5.41) is 2.70. The molecule has 3 heterocycles. The second kappa shape index (κ2) is 5.97. The van der Waals surface area contributed by atoms with Gasteiger partial charge in [-0.25, -0.2) is 9.97 Å². The first kappa shape index (κ1) is 13.6. The standard InChI is InChI=1S/C15H17N5O/c1-20-9-3-6-13(20)11-4-2-5-12(18-11)15(21)19-14-10-16-7-8-17-14/h2,4-5,7-8,10,13H,3,6,9H2,1H3,(H,17,19,21). The molecule has 2 aromatic heterocycles. The lowest BCUT2D eigenvalue weighted by atomic mass is 10.1. The third kappa shape index (κ3) is 3.05. The number of amides is 1. The van der Waals surface area contributed by atoms with Gasteiger partial charge in [-0.15, -0.1) is 0 Å². The topological polar surface area (TPSA) is 71.0 Å². The number of aromatic nitrogens is 3. The highest BCUT2D eigenvalue weighted by atomic mass is 16.1. The van der Waals surface area contributed by atoms with E-state index in [4.69, 9.17) is 0 Å². The molecule has 1 aliphatic rings. The van der Waals surface area contributed by atoms with Crippen LogP contribution in [0.4, 0.5) is 5.82 Å². The van der Waals surface area contributed by atoms with Crippen LogP contribution in [0.5, 0.6) is 0 Å². The van der Waals surface area contributed by atoms with E-state index in [1.54, 1.807) is 12.3 Å². The summed E-state index contributed by atoms with van der Waals surface area (Å²) in [6.45, 7) is 1.07. The van der Waals surface area contributed by atoms with Crippen molar-refractivity contribution in [2.45, 2.75) is 18.9 Å². The second-order valence-corrected chi connectivity index (χ2v) is 5.13. The van der Waals surface area contributed by atoms with Crippen molar-refractivity contribution in [2.24, 2.45) is 0 Å². The Morgan fingerprint density at radius 2 is 2.29 bits per heavy atom. The van der Waals surface area contributed by atoms with Crippen LogP contribution in [-0.2, 0) is 0 Å². The third-order valence-electron chi connectivity index (χ3n) is 3.67. The van der Waals surface area contributed by atoms with Gasteiger partial charge in [0.15, 0.2) is 5.82 Å². The predicted molar refractivity (Wildman–Crippen MR) is 78.8 cm³/mol. The molecule has 6 heteroatoms. The Labute approximate surface area is 123 Å². The predicted octanol–water partition coefficient (Wildman–Crippen LogP) is 1.89. The van der Waals surface area contributed by atoms with E-state index >= 15 is 0 Å². The minimum absolute atomic E-state index is 0.266. The van der Waals surface area contributed by atoms with Gasteiger partial charge in [-0.3, -0.25) is 14.7 Å². The summed E-state index contributed by atoms with van der Waals surface area (Å²) in [7, 11) is 2.09. The fraction of sp³-hybridized carbons (Fsp3) is 0.333. The molecule has 1 atom stereocenters. The van der Waals surface area contributed by atoms with Crippen molar-refractivity contribution >= 4 is 11.7 Å². The Morgan fingerprint density at radius 1 is 1.38 bits per heavy atom.